The van der Waals surface area contributed by atoms with E-state index in [9.17, 15) is 0 Å². The first-order valence-corrected chi connectivity index (χ1v) is 8.65. The third kappa shape index (κ3) is 5.10. The molecule has 0 amide bonds. The minimum Gasteiger partial charge on any atom is -0.326 e. The van der Waals surface area contributed by atoms with Crippen molar-refractivity contribution in [1.29, 1.82) is 0 Å². The molecule has 1 aliphatic rings. The number of nitrogens with zero attached hydrogens (tertiary/aromatic N) is 2. The lowest BCUT2D eigenvalue weighted by molar-refractivity contribution is 0.107. The molecule has 0 aromatic heterocycles. The summed E-state index contributed by atoms with van der Waals surface area (Å²) in [5.41, 5.74) is 7.67. The van der Waals surface area contributed by atoms with E-state index >= 15 is 0 Å². The summed E-state index contributed by atoms with van der Waals surface area (Å²) in [6, 6.07) is 6.11. The quantitative estimate of drug-likeness (QED) is 0.908. The molecular weight excluding hydrogens is 317 g/mol. The molecule has 22 heavy (non-hydrogen) atoms. The normalized spacial score (nSPS) is 19.4. The number of halogens is 2. The first-order chi connectivity index (χ1) is 10.3. The maximum atomic E-state index is 6.29. The molecule has 0 unspecified atom stereocenters. The highest BCUT2D eigenvalue weighted by Crippen LogP contribution is 2.23. The first kappa shape index (κ1) is 18.0. The van der Waals surface area contributed by atoms with E-state index in [1.165, 1.54) is 5.56 Å². The van der Waals surface area contributed by atoms with Gasteiger partial charge >= 0.3 is 0 Å². The molecule has 1 aliphatic heterocycles. The van der Waals surface area contributed by atoms with Gasteiger partial charge in [0.15, 0.2) is 0 Å². The fraction of sp³-hybridized carbons (Fsp3) is 0.647. The molecule has 2 rings (SSSR count). The molecule has 5 heteroatoms. The van der Waals surface area contributed by atoms with Crippen LogP contribution in [0.5, 0.6) is 0 Å². The highest BCUT2D eigenvalue weighted by molar-refractivity contribution is 6.42. The fourth-order valence-corrected chi connectivity index (χ4v) is 2.90. The molecule has 1 aromatic rings. The van der Waals surface area contributed by atoms with Crippen LogP contribution in [0.1, 0.15) is 26.3 Å². The summed E-state index contributed by atoms with van der Waals surface area (Å²) >= 11 is 12.0. The van der Waals surface area contributed by atoms with Gasteiger partial charge < -0.3 is 5.73 Å². The van der Waals surface area contributed by atoms with Crippen molar-refractivity contribution < 1.29 is 0 Å². The average Bonchev–Trinajstić information content (AvgIpc) is 2.44. The summed E-state index contributed by atoms with van der Waals surface area (Å²) in [6.45, 7) is 12.8. The van der Waals surface area contributed by atoms with Crippen LogP contribution in [0.3, 0.4) is 0 Å². The van der Waals surface area contributed by atoms with Crippen molar-refractivity contribution in [2.75, 3.05) is 32.7 Å². The Morgan fingerprint density at radius 3 is 2.18 bits per heavy atom. The summed E-state index contributed by atoms with van der Waals surface area (Å²) in [5.74, 6) is 0. The van der Waals surface area contributed by atoms with Crippen LogP contribution in [0.25, 0.3) is 0 Å². The summed E-state index contributed by atoms with van der Waals surface area (Å²) in [4.78, 5) is 4.93. The summed E-state index contributed by atoms with van der Waals surface area (Å²) in [7, 11) is 0. The zero-order chi connectivity index (χ0) is 16.3. The number of piperazine rings is 1. The molecule has 0 saturated carbocycles. The minimum atomic E-state index is 0.164. The molecule has 1 aromatic carbocycles. The second-order valence-electron chi connectivity index (χ2n) is 7.30. The zero-order valence-corrected chi connectivity index (χ0v) is 15.3. The van der Waals surface area contributed by atoms with E-state index in [2.05, 4.69) is 36.6 Å². The molecular formula is C17H27Cl2N3. The van der Waals surface area contributed by atoms with Gasteiger partial charge in [-0.15, -0.1) is 0 Å². The van der Waals surface area contributed by atoms with Gasteiger partial charge in [0.2, 0.25) is 0 Å². The van der Waals surface area contributed by atoms with Crippen LogP contribution in [0.4, 0.5) is 0 Å². The van der Waals surface area contributed by atoms with Gasteiger partial charge in [-0.3, -0.25) is 9.80 Å². The van der Waals surface area contributed by atoms with E-state index < -0.39 is 0 Å². The Morgan fingerprint density at radius 1 is 1.05 bits per heavy atom. The van der Waals surface area contributed by atoms with Crippen molar-refractivity contribution in [3.05, 3.63) is 33.8 Å². The van der Waals surface area contributed by atoms with E-state index in [0.717, 1.165) is 39.3 Å². The predicted octanol–water partition coefficient (Wildman–Crippen LogP) is 3.48. The fourth-order valence-electron chi connectivity index (χ4n) is 2.58. The molecule has 1 saturated heterocycles. The Hall–Kier alpha value is -0.320. The Morgan fingerprint density at radius 2 is 1.64 bits per heavy atom. The lowest BCUT2D eigenvalue weighted by Gasteiger charge is -2.38. The Labute approximate surface area is 144 Å². The number of benzene rings is 1. The molecule has 0 spiro atoms. The van der Waals surface area contributed by atoms with Gasteiger partial charge in [-0.25, -0.2) is 0 Å². The molecule has 0 radical (unpaired) electrons. The van der Waals surface area contributed by atoms with Crippen LogP contribution >= 0.6 is 23.2 Å². The molecule has 124 valence electrons. The molecule has 0 aliphatic carbocycles. The standard InChI is InChI=1S/C17H27Cl2N3/c1-17(2,3)16(20)12-22-8-6-21(7-9-22)11-13-4-5-14(18)15(19)10-13/h4-5,10,16H,6-9,11-12,20H2,1-3H3/t16-/m1/s1. The third-order valence-electron chi connectivity index (χ3n) is 4.42. The number of nitrogens with two attached hydrogens (primary N) is 1. The van der Waals surface area contributed by atoms with Gasteiger partial charge in [-0.2, -0.15) is 0 Å². The first-order valence-electron chi connectivity index (χ1n) is 7.90. The second kappa shape index (κ2) is 7.50. The highest BCUT2D eigenvalue weighted by Gasteiger charge is 2.25. The number of hydrogen-bond acceptors (Lipinski definition) is 3. The van der Waals surface area contributed by atoms with Crippen molar-refractivity contribution >= 4 is 23.2 Å². The van der Waals surface area contributed by atoms with Gasteiger partial charge in [0.1, 0.15) is 0 Å². The van der Waals surface area contributed by atoms with Crippen molar-refractivity contribution in [3.8, 4) is 0 Å². The van der Waals surface area contributed by atoms with E-state index in [0.29, 0.717) is 10.0 Å². The van der Waals surface area contributed by atoms with Crippen molar-refractivity contribution in [3.63, 3.8) is 0 Å². The van der Waals surface area contributed by atoms with Crippen LogP contribution in [0.15, 0.2) is 18.2 Å². The Bertz CT molecular complexity index is 491. The largest absolute Gasteiger partial charge is 0.326 e. The molecule has 1 fully saturated rings. The number of rotatable bonds is 4. The van der Waals surface area contributed by atoms with E-state index in [1.807, 2.05) is 12.1 Å². The van der Waals surface area contributed by atoms with Gasteiger partial charge in [-0.1, -0.05) is 50.0 Å². The van der Waals surface area contributed by atoms with Crippen LogP contribution in [0, 0.1) is 5.41 Å². The minimum absolute atomic E-state index is 0.164. The predicted molar refractivity (Wildman–Crippen MR) is 95.6 cm³/mol. The van der Waals surface area contributed by atoms with Crippen LogP contribution in [-0.2, 0) is 6.54 Å². The summed E-state index contributed by atoms with van der Waals surface area (Å²) < 4.78 is 0. The van der Waals surface area contributed by atoms with Gasteiger partial charge in [0.05, 0.1) is 10.0 Å². The van der Waals surface area contributed by atoms with E-state index in [1.54, 1.807) is 0 Å². The van der Waals surface area contributed by atoms with Gasteiger partial charge in [0, 0.05) is 45.3 Å². The zero-order valence-electron chi connectivity index (χ0n) is 13.8. The highest BCUT2D eigenvalue weighted by atomic mass is 35.5. The molecule has 0 bridgehead atoms. The lowest BCUT2D eigenvalue weighted by atomic mass is 9.87. The average molecular weight is 344 g/mol. The SMILES string of the molecule is CC(C)(C)[C@H](N)CN1CCN(Cc2ccc(Cl)c(Cl)c2)CC1. The number of hydrogen-bond donors (Lipinski definition) is 1. The van der Waals surface area contributed by atoms with E-state index in [-0.39, 0.29) is 11.5 Å². The lowest BCUT2D eigenvalue weighted by Crippen LogP contribution is -2.52. The summed E-state index contributed by atoms with van der Waals surface area (Å²) in [6.07, 6.45) is 0. The van der Waals surface area contributed by atoms with Crippen LogP contribution in [0.2, 0.25) is 10.0 Å². The maximum absolute atomic E-state index is 6.29. The molecule has 2 N–H and O–H groups in total. The Kier molecular flexibility index (Phi) is 6.14. The van der Waals surface area contributed by atoms with Crippen LogP contribution in [-0.4, -0.2) is 48.6 Å². The maximum Gasteiger partial charge on any atom is 0.0595 e. The third-order valence-corrected chi connectivity index (χ3v) is 5.16. The van der Waals surface area contributed by atoms with Crippen LogP contribution < -0.4 is 5.73 Å². The van der Waals surface area contributed by atoms with Crippen molar-refractivity contribution in [2.45, 2.75) is 33.4 Å². The van der Waals surface area contributed by atoms with E-state index in [4.69, 9.17) is 28.9 Å². The molecule has 3 nitrogen and oxygen atoms in total. The summed E-state index contributed by atoms with van der Waals surface area (Å²) in [5, 5.41) is 1.25. The second-order valence-corrected chi connectivity index (χ2v) is 8.11. The molecule has 1 heterocycles. The van der Waals surface area contributed by atoms with Crippen molar-refractivity contribution in [2.24, 2.45) is 11.1 Å². The monoisotopic (exact) mass is 343 g/mol. The Balaban J connectivity index is 1.81. The van der Waals surface area contributed by atoms with Gasteiger partial charge in [-0.05, 0) is 23.1 Å². The van der Waals surface area contributed by atoms with Crippen molar-refractivity contribution in [1.82, 2.24) is 9.80 Å². The molecule has 1 atom stereocenters. The van der Waals surface area contributed by atoms with Gasteiger partial charge in [0.25, 0.3) is 0 Å². The topological polar surface area (TPSA) is 32.5 Å². The smallest absolute Gasteiger partial charge is 0.0595 e.